The van der Waals surface area contributed by atoms with Gasteiger partial charge >= 0.3 is 11.9 Å². The Balaban J connectivity index is 2.01. The van der Waals surface area contributed by atoms with Crippen molar-refractivity contribution in [3.05, 3.63) is 35.4 Å². The molecular formula is C16H20O4. The number of rotatable bonds is 5. The number of carbonyl (C=O) groups is 2. The van der Waals surface area contributed by atoms with Crippen LogP contribution in [0.3, 0.4) is 0 Å². The normalized spacial score (nSPS) is 18.6. The molecule has 0 radical (unpaired) electrons. The molecule has 2 bridgehead atoms. The van der Waals surface area contributed by atoms with E-state index in [1.165, 1.54) is 6.42 Å². The van der Waals surface area contributed by atoms with E-state index < -0.39 is 0 Å². The van der Waals surface area contributed by atoms with E-state index in [0.29, 0.717) is 11.1 Å². The monoisotopic (exact) mass is 276 g/mol. The van der Waals surface area contributed by atoms with E-state index in [4.69, 9.17) is 9.47 Å². The van der Waals surface area contributed by atoms with Crippen molar-refractivity contribution < 1.29 is 19.1 Å². The van der Waals surface area contributed by atoms with Gasteiger partial charge in [0.1, 0.15) is 12.7 Å². The number of carbonyl (C=O) groups excluding carboxylic acids is 2. The lowest BCUT2D eigenvalue weighted by Crippen LogP contribution is -2.26. The first-order valence-electron chi connectivity index (χ1n) is 7.19. The molecule has 0 spiro atoms. The van der Waals surface area contributed by atoms with Gasteiger partial charge in [-0.05, 0) is 37.1 Å². The fourth-order valence-corrected chi connectivity index (χ4v) is 2.19. The number of benzene rings is 1. The average molecular weight is 276 g/mol. The van der Waals surface area contributed by atoms with Crippen molar-refractivity contribution in [2.45, 2.75) is 45.1 Å². The summed E-state index contributed by atoms with van der Waals surface area (Å²) in [6.45, 7) is 2.28. The molecule has 2 aliphatic heterocycles. The van der Waals surface area contributed by atoms with Crippen LogP contribution in [0, 0.1) is 0 Å². The van der Waals surface area contributed by atoms with Crippen LogP contribution in [0.2, 0.25) is 0 Å². The summed E-state index contributed by atoms with van der Waals surface area (Å²) < 4.78 is 10.6. The van der Waals surface area contributed by atoms with Crippen LogP contribution < -0.4 is 0 Å². The first-order chi connectivity index (χ1) is 9.70. The van der Waals surface area contributed by atoms with Crippen LogP contribution in [0.4, 0.5) is 0 Å². The quantitative estimate of drug-likeness (QED) is 0.611. The summed E-state index contributed by atoms with van der Waals surface area (Å²) >= 11 is 0. The van der Waals surface area contributed by atoms with Crippen LogP contribution in [0.1, 0.15) is 59.7 Å². The number of ether oxygens (including phenoxy) is 2. The van der Waals surface area contributed by atoms with Gasteiger partial charge in [-0.1, -0.05) is 26.2 Å². The minimum absolute atomic E-state index is 0.134. The Morgan fingerprint density at radius 3 is 2.30 bits per heavy atom. The van der Waals surface area contributed by atoms with Gasteiger partial charge in [0, 0.05) is 0 Å². The Morgan fingerprint density at radius 2 is 1.65 bits per heavy atom. The molecule has 3 rings (SSSR count). The molecule has 0 N–H and O–H groups in total. The van der Waals surface area contributed by atoms with Crippen molar-refractivity contribution in [3.63, 3.8) is 0 Å². The fourth-order valence-electron chi connectivity index (χ4n) is 2.19. The van der Waals surface area contributed by atoms with Crippen LogP contribution in [0.5, 0.6) is 0 Å². The zero-order chi connectivity index (χ0) is 14.4. The van der Waals surface area contributed by atoms with Crippen LogP contribution in [-0.2, 0) is 9.47 Å². The molecule has 108 valence electrons. The largest absolute Gasteiger partial charge is 0.458 e. The van der Waals surface area contributed by atoms with Gasteiger partial charge in [-0.3, -0.25) is 0 Å². The molecule has 0 aromatic heterocycles. The Labute approximate surface area is 119 Å². The molecule has 0 fully saturated rings. The SMILES string of the molecule is CCCCCCC1COC(=O)c2ccc(cc2)C(=O)O1. The van der Waals surface area contributed by atoms with Gasteiger partial charge in [0.05, 0.1) is 11.1 Å². The standard InChI is InChI=1S/C16H20O4/c1-2-3-4-5-6-14-11-19-15(17)12-7-9-13(10-8-12)16(18)20-14/h7-10,14H,2-6,11H2,1H3. The third-order valence-electron chi connectivity index (χ3n) is 3.41. The van der Waals surface area contributed by atoms with E-state index in [1.54, 1.807) is 24.3 Å². The predicted octanol–water partition coefficient (Wildman–Crippen LogP) is 3.35. The Morgan fingerprint density at radius 1 is 1.00 bits per heavy atom. The molecule has 1 aromatic carbocycles. The molecule has 2 heterocycles. The highest BCUT2D eigenvalue weighted by molar-refractivity contribution is 5.93. The zero-order valence-corrected chi connectivity index (χ0v) is 11.8. The second-order valence-corrected chi connectivity index (χ2v) is 5.05. The molecule has 4 nitrogen and oxygen atoms in total. The zero-order valence-electron chi connectivity index (χ0n) is 11.8. The maximum absolute atomic E-state index is 12.0. The maximum Gasteiger partial charge on any atom is 0.338 e. The first kappa shape index (κ1) is 14.6. The van der Waals surface area contributed by atoms with E-state index in [2.05, 4.69) is 6.92 Å². The highest BCUT2D eigenvalue weighted by Gasteiger charge is 2.21. The minimum atomic E-state index is -0.368. The van der Waals surface area contributed by atoms with Crippen LogP contribution in [0.15, 0.2) is 24.3 Å². The number of esters is 2. The molecular weight excluding hydrogens is 256 g/mol. The van der Waals surface area contributed by atoms with Crippen molar-refractivity contribution in [1.82, 2.24) is 0 Å². The fraction of sp³-hybridized carbons (Fsp3) is 0.500. The highest BCUT2D eigenvalue weighted by Crippen LogP contribution is 2.15. The lowest BCUT2D eigenvalue weighted by molar-refractivity contribution is -0.00391. The summed E-state index contributed by atoms with van der Waals surface area (Å²) in [5.41, 5.74) is 0.940. The summed E-state index contributed by atoms with van der Waals surface area (Å²) in [6, 6.07) is 6.36. The summed E-state index contributed by atoms with van der Waals surface area (Å²) in [5, 5.41) is 0. The van der Waals surface area contributed by atoms with E-state index >= 15 is 0 Å². The second kappa shape index (κ2) is 7.08. The molecule has 20 heavy (non-hydrogen) atoms. The Kier molecular flexibility index (Phi) is 5.16. The van der Waals surface area contributed by atoms with Gasteiger partial charge in [-0.15, -0.1) is 0 Å². The smallest absolute Gasteiger partial charge is 0.338 e. The van der Waals surface area contributed by atoms with E-state index in [9.17, 15) is 9.59 Å². The number of unbranched alkanes of at least 4 members (excludes halogenated alkanes) is 3. The van der Waals surface area contributed by atoms with E-state index in [0.717, 1.165) is 25.7 Å². The van der Waals surface area contributed by atoms with Crippen LogP contribution in [-0.4, -0.2) is 24.6 Å². The Bertz CT molecular complexity index is 464. The highest BCUT2D eigenvalue weighted by atomic mass is 16.6. The molecule has 0 aliphatic carbocycles. The van der Waals surface area contributed by atoms with Crippen LogP contribution in [0.25, 0.3) is 0 Å². The predicted molar refractivity (Wildman–Crippen MR) is 74.7 cm³/mol. The molecule has 2 aliphatic rings. The molecule has 1 atom stereocenters. The third-order valence-corrected chi connectivity index (χ3v) is 3.41. The van der Waals surface area contributed by atoms with Gasteiger partial charge in [0.25, 0.3) is 0 Å². The van der Waals surface area contributed by atoms with Gasteiger partial charge in [0.2, 0.25) is 0 Å². The van der Waals surface area contributed by atoms with E-state index in [1.807, 2.05) is 0 Å². The summed E-state index contributed by atoms with van der Waals surface area (Å²) in [7, 11) is 0. The second-order valence-electron chi connectivity index (χ2n) is 5.05. The van der Waals surface area contributed by atoms with Gasteiger partial charge < -0.3 is 9.47 Å². The first-order valence-corrected chi connectivity index (χ1v) is 7.19. The topological polar surface area (TPSA) is 52.6 Å². The van der Waals surface area contributed by atoms with Crippen molar-refractivity contribution in [2.24, 2.45) is 0 Å². The lowest BCUT2D eigenvalue weighted by Gasteiger charge is -2.19. The minimum Gasteiger partial charge on any atom is -0.458 e. The molecule has 4 heteroatoms. The summed E-state index contributed by atoms with van der Waals surface area (Å²) in [5.74, 6) is -0.719. The molecule has 0 amide bonds. The summed E-state index contributed by atoms with van der Waals surface area (Å²) in [4.78, 5) is 23.7. The van der Waals surface area contributed by atoms with Gasteiger partial charge in [-0.25, -0.2) is 9.59 Å². The third kappa shape index (κ3) is 3.83. The number of hydrogen-bond donors (Lipinski definition) is 0. The molecule has 1 aromatic rings. The van der Waals surface area contributed by atoms with Crippen molar-refractivity contribution in [3.8, 4) is 0 Å². The summed E-state index contributed by atoms with van der Waals surface area (Å²) in [6.07, 6.45) is 4.78. The van der Waals surface area contributed by atoms with E-state index in [-0.39, 0.29) is 24.6 Å². The maximum atomic E-state index is 12.0. The van der Waals surface area contributed by atoms with Gasteiger partial charge in [0.15, 0.2) is 0 Å². The van der Waals surface area contributed by atoms with Crippen molar-refractivity contribution in [1.29, 1.82) is 0 Å². The lowest BCUT2D eigenvalue weighted by atomic mass is 10.1. The molecule has 0 saturated carbocycles. The van der Waals surface area contributed by atoms with Gasteiger partial charge in [-0.2, -0.15) is 0 Å². The Hall–Kier alpha value is -1.84. The number of hydrogen-bond acceptors (Lipinski definition) is 4. The average Bonchev–Trinajstić information content (AvgIpc) is 2.48. The molecule has 0 saturated heterocycles. The van der Waals surface area contributed by atoms with Crippen LogP contribution >= 0.6 is 0 Å². The van der Waals surface area contributed by atoms with Crippen molar-refractivity contribution in [2.75, 3.05) is 6.61 Å². The van der Waals surface area contributed by atoms with Crippen molar-refractivity contribution >= 4 is 11.9 Å². The molecule has 1 unspecified atom stereocenters. The number of fused-ring (bicyclic) bond motifs is 7.